The van der Waals surface area contributed by atoms with Crippen LogP contribution in [-0.2, 0) is 0 Å². The highest BCUT2D eigenvalue weighted by atomic mass is 16.3. The monoisotopic (exact) mass is 142 g/mol. The fraction of sp³-hybridized carbons (Fsp3) is 0.400. The average molecular weight is 142 g/mol. The molecular formula is C5H10N4O. The molecule has 5 nitrogen and oxygen atoms in total. The second-order valence-corrected chi connectivity index (χ2v) is 1.84. The lowest BCUT2D eigenvalue weighted by molar-refractivity contribution is 0.477. The molecule has 0 spiro atoms. The van der Waals surface area contributed by atoms with Crippen LogP contribution < -0.4 is 11.2 Å². The fourth-order valence-corrected chi connectivity index (χ4v) is 0.625. The molecule has 4 N–H and O–H groups in total. The molecule has 10 heavy (non-hydrogen) atoms. The van der Waals surface area contributed by atoms with E-state index in [-0.39, 0.29) is 11.6 Å². The molecule has 56 valence electrons. The van der Waals surface area contributed by atoms with Gasteiger partial charge in [-0.1, -0.05) is 0 Å². The number of anilines is 1. The lowest BCUT2D eigenvalue weighted by Gasteiger charge is -2.02. The van der Waals surface area contributed by atoms with Crippen molar-refractivity contribution in [3.05, 3.63) is 6.20 Å². The second kappa shape index (κ2) is 2.47. The number of nitrogens with zero attached hydrogens (tertiary/aromatic N) is 2. The van der Waals surface area contributed by atoms with Crippen molar-refractivity contribution in [1.29, 1.82) is 0 Å². The summed E-state index contributed by atoms with van der Waals surface area (Å²) in [5.74, 6) is 0.239. The van der Waals surface area contributed by atoms with Crippen LogP contribution in [0.15, 0.2) is 6.20 Å². The smallest absolute Gasteiger partial charge is 0.187 e. The number of aromatic hydroxyl groups is 1. The Morgan fingerprint density at radius 1 is 1.90 bits per heavy atom. The first-order valence-corrected chi connectivity index (χ1v) is 3.02. The van der Waals surface area contributed by atoms with E-state index < -0.39 is 0 Å². The van der Waals surface area contributed by atoms with Crippen molar-refractivity contribution in [2.75, 3.05) is 17.7 Å². The van der Waals surface area contributed by atoms with Crippen molar-refractivity contribution < 1.29 is 5.11 Å². The number of hydrogen-bond donors (Lipinski definition) is 3. The third-order valence-corrected chi connectivity index (χ3v) is 1.09. The molecular weight excluding hydrogens is 132 g/mol. The Labute approximate surface area is 58.4 Å². The average Bonchev–Trinajstić information content (AvgIpc) is 2.20. The van der Waals surface area contributed by atoms with E-state index in [0.717, 1.165) is 0 Å². The molecule has 0 aliphatic carbocycles. The van der Waals surface area contributed by atoms with Crippen molar-refractivity contribution in [2.45, 2.75) is 6.92 Å². The summed E-state index contributed by atoms with van der Waals surface area (Å²) in [4.78, 5) is 1.33. The summed E-state index contributed by atoms with van der Waals surface area (Å²) in [6.07, 6.45) is 1.29. The summed E-state index contributed by atoms with van der Waals surface area (Å²) in [6.45, 7) is 2.63. The number of rotatable bonds is 2. The number of aromatic nitrogens is 2. The number of hydrogen-bond acceptors (Lipinski definition) is 4. The maximum Gasteiger partial charge on any atom is 0.187 e. The van der Waals surface area contributed by atoms with Gasteiger partial charge in [-0.2, -0.15) is 9.89 Å². The molecule has 1 rings (SSSR count). The van der Waals surface area contributed by atoms with E-state index in [0.29, 0.717) is 6.54 Å². The zero-order chi connectivity index (χ0) is 7.56. The predicted octanol–water partition coefficient (Wildman–Crippen LogP) is -0.266. The van der Waals surface area contributed by atoms with Crippen LogP contribution in [-0.4, -0.2) is 21.5 Å². The van der Waals surface area contributed by atoms with Crippen LogP contribution in [0.3, 0.4) is 0 Å². The molecule has 0 aliphatic heterocycles. The van der Waals surface area contributed by atoms with Crippen LogP contribution in [0.25, 0.3) is 0 Å². The van der Waals surface area contributed by atoms with E-state index in [4.69, 9.17) is 10.8 Å². The van der Waals surface area contributed by atoms with Crippen molar-refractivity contribution in [3.63, 3.8) is 0 Å². The minimum absolute atomic E-state index is 0.000880. The zero-order valence-electron chi connectivity index (χ0n) is 5.70. The van der Waals surface area contributed by atoms with Gasteiger partial charge in [-0.25, -0.2) is 0 Å². The quantitative estimate of drug-likeness (QED) is 0.531. The summed E-state index contributed by atoms with van der Waals surface area (Å²) in [5, 5.41) is 12.7. The molecule has 1 aromatic heterocycles. The summed E-state index contributed by atoms with van der Waals surface area (Å²) in [6, 6.07) is 0. The van der Waals surface area contributed by atoms with Gasteiger partial charge in [-0.05, 0) is 6.92 Å². The van der Waals surface area contributed by atoms with Crippen molar-refractivity contribution in [1.82, 2.24) is 9.89 Å². The second-order valence-electron chi connectivity index (χ2n) is 1.84. The molecule has 0 radical (unpaired) electrons. The van der Waals surface area contributed by atoms with E-state index in [1.165, 1.54) is 11.0 Å². The van der Waals surface area contributed by atoms with Gasteiger partial charge in [-0.3, -0.25) is 0 Å². The fourth-order valence-electron chi connectivity index (χ4n) is 0.625. The largest absolute Gasteiger partial charge is 0.503 e. The Balaban J connectivity index is 2.83. The number of nitrogens with two attached hydrogens (primary N) is 1. The van der Waals surface area contributed by atoms with Gasteiger partial charge >= 0.3 is 0 Å². The van der Waals surface area contributed by atoms with E-state index >= 15 is 0 Å². The molecule has 0 amide bonds. The summed E-state index contributed by atoms with van der Waals surface area (Å²) >= 11 is 0. The molecule has 0 aromatic carbocycles. The Morgan fingerprint density at radius 3 is 3.00 bits per heavy atom. The standard InChI is InChI=1S/C5H10N4O/c1-2-7-9-5(6)4(10)3-8-9/h3,7,10H,2,6H2,1H3. The maximum atomic E-state index is 8.92. The number of nitrogen functional groups attached to an aromatic ring is 1. The van der Waals surface area contributed by atoms with Gasteiger partial charge in [0.1, 0.15) is 0 Å². The maximum absolute atomic E-state index is 8.92. The van der Waals surface area contributed by atoms with E-state index in [1.807, 2.05) is 6.92 Å². The Morgan fingerprint density at radius 2 is 2.60 bits per heavy atom. The van der Waals surface area contributed by atoms with Gasteiger partial charge in [0.15, 0.2) is 11.6 Å². The lowest BCUT2D eigenvalue weighted by atomic mass is 10.6. The van der Waals surface area contributed by atoms with E-state index in [1.54, 1.807) is 0 Å². The highest BCUT2D eigenvalue weighted by Gasteiger charge is 2.02. The van der Waals surface area contributed by atoms with Crippen molar-refractivity contribution in [2.24, 2.45) is 0 Å². The topological polar surface area (TPSA) is 76.1 Å². The normalized spacial score (nSPS) is 9.70. The summed E-state index contributed by atoms with van der Waals surface area (Å²) < 4.78 is 0. The highest BCUT2D eigenvalue weighted by Crippen LogP contribution is 2.15. The highest BCUT2D eigenvalue weighted by molar-refractivity contribution is 5.43. The Hall–Kier alpha value is -1.39. The van der Waals surface area contributed by atoms with Gasteiger partial charge in [0.05, 0.1) is 6.20 Å². The molecule has 1 heterocycles. The van der Waals surface area contributed by atoms with Gasteiger partial charge in [-0.15, -0.1) is 0 Å². The zero-order valence-corrected chi connectivity index (χ0v) is 5.70. The first-order valence-electron chi connectivity index (χ1n) is 3.02. The SMILES string of the molecule is CCNn1ncc(O)c1N. The molecule has 0 fully saturated rings. The van der Waals surface area contributed by atoms with E-state index in [9.17, 15) is 0 Å². The van der Waals surface area contributed by atoms with Gasteiger partial charge in [0, 0.05) is 6.54 Å². The minimum Gasteiger partial charge on any atom is -0.503 e. The molecule has 0 saturated carbocycles. The van der Waals surface area contributed by atoms with Crippen molar-refractivity contribution in [3.8, 4) is 5.75 Å². The van der Waals surface area contributed by atoms with Crippen LogP contribution in [0.1, 0.15) is 6.92 Å². The molecule has 1 aromatic rings. The van der Waals surface area contributed by atoms with Crippen LogP contribution in [0, 0.1) is 0 Å². The molecule has 0 atom stereocenters. The molecule has 0 aliphatic rings. The van der Waals surface area contributed by atoms with Crippen LogP contribution in [0.5, 0.6) is 5.75 Å². The predicted molar refractivity (Wildman–Crippen MR) is 38.2 cm³/mol. The van der Waals surface area contributed by atoms with Crippen LogP contribution in [0.2, 0.25) is 0 Å². The third kappa shape index (κ3) is 0.975. The lowest BCUT2D eigenvalue weighted by Crippen LogP contribution is -2.17. The van der Waals surface area contributed by atoms with E-state index in [2.05, 4.69) is 10.5 Å². The Bertz CT molecular complexity index is 219. The minimum atomic E-state index is 0.000880. The molecule has 0 bridgehead atoms. The van der Waals surface area contributed by atoms with Gasteiger partial charge in [0.25, 0.3) is 0 Å². The van der Waals surface area contributed by atoms with Crippen LogP contribution in [0.4, 0.5) is 5.82 Å². The number of nitrogens with one attached hydrogen (secondary N) is 1. The summed E-state index contributed by atoms with van der Waals surface area (Å²) in [7, 11) is 0. The molecule has 0 saturated heterocycles. The first kappa shape index (κ1) is 6.73. The first-order chi connectivity index (χ1) is 4.75. The van der Waals surface area contributed by atoms with Gasteiger partial charge < -0.3 is 16.3 Å². The van der Waals surface area contributed by atoms with Crippen LogP contribution >= 0.6 is 0 Å². The third-order valence-electron chi connectivity index (χ3n) is 1.09. The Kier molecular flexibility index (Phi) is 1.66. The van der Waals surface area contributed by atoms with Gasteiger partial charge in [0.2, 0.25) is 0 Å². The van der Waals surface area contributed by atoms with Crippen molar-refractivity contribution >= 4 is 5.82 Å². The molecule has 0 unspecified atom stereocenters. The summed E-state index contributed by atoms with van der Waals surface area (Å²) in [5.41, 5.74) is 8.19. The molecule has 5 heteroatoms.